The van der Waals surface area contributed by atoms with Crippen molar-refractivity contribution >= 4 is 23.1 Å². The molecule has 0 atom stereocenters. The molecular weight excluding hydrogens is 345 g/mol. The number of anilines is 3. The molecule has 1 heterocycles. The Hall–Kier alpha value is -3.41. The maximum Gasteiger partial charge on any atom is 0.255 e. The Morgan fingerprint density at radius 1 is 1.04 bits per heavy atom. The van der Waals surface area contributed by atoms with Gasteiger partial charge in [0.15, 0.2) is 0 Å². The van der Waals surface area contributed by atoms with Crippen molar-refractivity contribution in [1.29, 1.82) is 0 Å². The largest absolute Gasteiger partial charge is 0.489 e. The number of para-hydroxylation sites is 2. The maximum absolute atomic E-state index is 12.9. The highest BCUT2D eigenvalue weighted by molar-refractivity contribution is 6.04. The van der Waals surface area contributed by atoms with Gasteiger partial charge in [-0.3, -0.25) is 4.79 Å². The number of benzene rings is 2. The van der Waals surface area contributed by atoms with Crippen LogP contribution >= 0.6 is 0 Å². The number of amides is 1. The van der Waals surface area contributed by atoms with E-state index in [1.54, 1.807) is 18.3 Å². The first kappa shape index (κ1) is 18.4. The fourth-order valence-corrected chi connectivity index (χ4v) is 2.41. The minimum atomic E-state index is -0.384. The van der Waals surface area contributed by atoms with Crippen molar-refractivity contribution < 1.29 is 13.9 Å². The second-order valence-electron chi connectivity index (χ2n) is 6.18. The number of hydrogen-bond acceptors (Lipinski definition) is 4. The van der Waals surface area contributed by atoms with Crippen LogP contribution in [-0.4, -0.2) is 17.0 Å². The average Bonchev–Trinajstić information content (AvgIpc) is 2.65. The maximum atomic E-state index is 12.9. The standard InChI is InChI=1S/C21H20FN3O2/c1-14(2)27-19-6-4-3-5-18(19)25-20-12-11-17(13-23-20)24-21(26)15-7-9-16(22)10-8-15/h3-14H,1-2H3,(H,23,25)(H,24,26). The van der Waals surface area contributed by atoms with Gasteiger partial charge >= 0.3 is 0 Å². The van der Waals surface area contributed by atoms with Crippen LogP contribution in [0.1, 0.15) is 24.2 Å². The predicted octanol–water partition coefficient (Wildman–Crippen LogP) is 5.00. The minimum Gasteiger partial charge on any atom is -0.489 e. The van der Waals surface area contributed by atoms with Crippen LogP contribution in [-0.2, 0) is 0 Å². The van der Waals surface area contributed by atoms with E-state index in [2.05, 4.69) is 15.6 Å². The topological polar surface area (TPSA) is 63.2 Å². The van der Waals surface area contributed by atoms with Gasteiger partial charge in [-0.25, -0.2) is 9.37 Å². The molecule has 5 nitrogen and oxygen atoms in total. The summed E-state index contributed by atoms with van der Waals surface area (Å²) < 4.78 is 18.7. The van der Waals surface area contributed by atoms with E-state index in [0.717, 1.165) is 11.4 Å². The van der Waals surface area contributed by atoms with Crippen LogP contribution in [0, 0.1) is 5.82 Å². The molecule has 1 amide bonds. The zero-order valence-corrected chi connectivity index (χ0v) is 15.1. The molecule has 138 valence electrons. The van der Waals surface area contributed by atoms with Crippen molar-refractivity contribution in [3.8, 4) is 5.75 Å². The Labute approximate surface area is 157 Å². The van der Waals surface area contributed by atoms with Gasteiger partial charge in [0, 0.05) is 5.56 Å². The summed E-state index contributed by atoms with van der Waals surface area (Å²) in [6.07, 6.45) is 1.61. The molecule has 0 bridgehead atoms. The van der Waals surface area contributed by atoms with Gasteiger partial charge in [0.05, 0.1) is 23.7 Å². The van der Waals surface area contributed by atoms with Gasteiger partial charge in [0.1, 0.15) is 17.4 Å². The molecule has 0 saturated heterocycles. The monoisotopic (exact) mass is 365 g/mol. The fraction of sp³-hybridized carbons (Fsp3) is 0.143. The number of halogens is 1. The fourth-order valence-electron chi connectivity index (χ4n) is 2.41. The number of nitrogens with zero attached hydrogens (tertiary/aromatic N) is 1. The van der Waals surface area contributed by atoms with Crippen LogP contribution in [0.15, 0.2) is 66.9 Å². The first-order valence-electron chi connectivity index (χ1n) is 8.57. The third-order valence-corrected chi connectivity index (χ3v) is 3.64. The molecule has 27 heavy (non-hydrogen) atoms. The molecule has 2 aromatic carbocycles. The number of ether oxygens (including phenoxy) is 1. The van der Waals surface area contributed by atoms with Crippen molar-refractivity contribution in [3.05, 3.63) is 78.2 Å². The Bertz CT molecular complexity index is 909. The molecule has 3 aromatic rings. The highest BCUT2D eigenvalue weighted by atomic mass is 19.1. The molecule has 6 heteroatoms. The second-order valence-corrected chi connectivity index (χ2v) is 6.18. The Morgan fingerprint density at radius 2 is 1.78 bits per heavy atom. The molecule has 0 aliphatic carbocycles. The minimum absolute atomic E-state index is 0.0601. The highest BCUT2D eigenvalue weighted by Crippen LogP contribution is 2.27. The summed E-state index contributed by atoms with van der Waals surface area (Å²) in [5.74, 6) is 0.649. The summed E-state index contributed by atoms with van der Waals surface area (Å²) >= 11 is 0. The van der Waals surface area contributed by atoms with E-state index in [0.29, 0.717) is 17.1 Å². The molecule has 0 fully saturated rings. The molecular formula is C21H20FN3O2. The van der Waals surface area contributed by atoms with Gasteiger partial charge in [-0.2, -0.15) is 0 Å². The van der Waals surface area contributed by atoms with Gasteiger partial charge in [0.2, 0.25) is 0 Å². The van der Waals surface area contributed by atoms with Crippen molar-refractivity contribution in [2.45, 2.75) is 20.0 Å². The first-order valence-corrected chi connectivity index (χ1v) is 8.57. The molecule has 2 N–H and O–H groups in total. The summed E-state index contributed by atoms with van der Waals surface area (Å²) in [5, 5.41) is 5.94. The van der Waals surface area contributed by atoms with Crippen LogP contribution in [0.25, 0.3) is 0 Å². The van der Waals surface area contributed by atoms with Crippen LogP contribution in [0.4, 0.5) is 21.6 Å². The number of carbonyl (C=O) groups is 1. The van der Waals surface area contributed by atoms with Crippen LogP contribution in [0.2, 0.25) is 0 Å². The number of aromatic nitrogens is 1. The molecule has 0 radical (unpaired) electrons. The lowest BCUT2D eigenvalue weighted by atomic mass is 10.2. The third kappa shape index (κ3) is 5.04. The number of carbonyl (C=O) groups excluding carboxylic acids is 1. The lowest BCUT2D eigenvalue weighted by Crippen LogP contribution is -2.12. The number of pyridine rings is 1. The molecule has 0 unspecified atom stereocenters. The number of hydrogen-bond donors (Lipinski definition) is 2. The summed E-state index contributed by atoms with van der Waals surface area (Å²) in [4.78, 5) is 16.5. The summed E-state index contributed by atoms with van der Waals surface area (Å²) in [6, 6.07) is 16.5. The summed E-state index contributed by atoms with van der Waals surface area (Å²) in [7, 11) is 0. The summed E-state index contributed by atoms with van der Waals surface area (Å²) in [6.45, 7) is 3.93. The molecule has 0 spiro atoms. The van der Waals surface area contributed by atoms with E-state index >= 15 is 0 Å². The van der Waals surface area contributed by atoms with Crippen LogP contribution in [0.5, 0.6) is 5.75 Å². The van der Waals surface area contributed by atoms with Crippen molar-refractivity contribution in [1.82, 2.24) is 4.98 Å². The Morgan fingerprint density at radius 3 is 2.44 bits per heavy atom. The zero-order valence-electron chi connectivity index (χ0n) is 15.1. The van der Waals surface area contributed by atoms with Crippen LogP contribution in [0.3, 0.4) is 0 Å². The summed E-state index contributed by atoms with van der Waals surface area (Å²) in [5.41, 5.74) is 1.72. The lowest BCUT2D eigenvalue weighted by molar-refractivity contribution is 0.102. The molecule has 0 saturated carbocycles. The van der Waals surface area contributed by atoms with E-state index in [1.165, 1.54) is 24.3 Å². The normalized spacial score (nSPS) is 10.5. The van der Waals surface area contributed by atoms with Crippen molar-refractivity contribution in [3.63, 3.8) is 0 Å². The van der Waals surface area contributed by atoms with Gasteiger partial charge < -0.3 is 15.4 Å². The molecule has 3 rings (SSSR count). The highest BCUT2D eigenvalue weighted by Gasteiger charge is 2.08. The number of rotatable bonds is 6. The zero-order chi connectivity index (χ0) is 19.2. The third-order valence-electron chi connectivity index (χ3n) is 3.64. The van der Waals surface area contributed by atoms with Crippen LogP contribution < -0.4 is 15.4 Å². The Kier molecular flexibility index (Phi) is 5.66. The van der Waals surface area contributed by atoms with Crippen molar-refractivity contribution in [2.75, 3.05) is 10.6 Å². The molecule has 0 aliphatic rings. The average molecular weight is 365 g/mol. The predicted molar refractivity (Wildman–Crippen MR) is 104 cm³/mol. The van der Waals surface area contributed by atoms with E-state index < -0.39 is 0 Å². The Balaban J connectivity index is 1.67. The van der Waals surface area contributed by atoms with E-state index in [-0.39, 0.29) is 17.8 Å². The second kappa shape index (κ2) is 8.31. The smallest absolute Gasteiger partial charge is 0.255 e. The molecule has 1 aromatic heterocycles. The van der Waals surface area contributed by atoms with Gasteiger partial charge in [-0.15, -0.1) is 0 Å². The van der Waals surface area contributed by atoms with Gasteiger partial charge in [0.25, 0.3) is 5.91 Å². The van der Waals surface area contributed by atoms with Crippen molar-refractivity contribution in [2.24, 2.45) is 0 Å². The number of nitrogens with one attached hydrogen (secondary N) is 2. The SMILES string of the molecule is CC(C)Oc1ccccc1Nc1ccc(NC(=O)c2ccc(F)cc2)cn1. The molecule has 0 aliphatic heterocycles. The lowest BCUT2D eigenvalue weighted by Gasteiger charge is -2.15. The van der Waals surface area contributed by atoms with Gasteiger partial charge in [-0.05, 0) is 62.4 Å². The quantitative estimate of drug-likeness (QED) is 0.645. The van der Waals surface area contributed by atoms with E-state index in [4.69, 9.17) is 4.74 Å². The van der Waals surface area contributed by atoms with E-state index in [1.807, 2.05) is 38.1 Å². The first-order chi connectivity index (χ1) is 13.0. The van der Waals surface area contributed by atoms with Gasteiger partial charge in [-0.1, -0.05) is 12.1 Å². The van der Waals surface area contributed by atoms with E-state index in [9.17, 15) is 9.18 Å².